The average Bonchev–Trinajstić information content (AvgIpc) is 3.00. The lowest BCUT2D eigenvalue weighted by atomic mass is 10.1. The minimum Gasteiger partial charge on any atom is -0.493 e. The van der Waals surface area contributed by atoms with Crippen molar-refractivity contribution >= 4 is 15.9 Å². The largest absolute Gasteiger partial charge is 0.493 e. The Morgan fingerprint density at radius 2 is 1.92 bits per heavy atom. The molecule has 0 aliphatic carbocycles. The standard InChI is InChI=1S/C17H26N2O6S/c1-19(2)26(21,22)11-13-9-25-10-14(13)18-17(20)8-12-5-6-15(23-3)16(7-12)24-4/h5-7,13-14H,8-11H2,1-4H3,(H,18,20)/t13-,14+/m0/s1. The zero-order chi connectivity index (χ0) is 19.3. The number of nitrogens with zero attached hydrogens (tertiary/aromatic N) is 1. The van der Waals surface area contributed by atoms with Gasteiger partial charge in [0.1, 0.15) is 0 Å². The van der Waals surface area contributed by atoms with Gasteiger partial charge < -0.3 is 19.5 Å². The first kappa shape index (κ1) is 20.5. The third kappa shape index (κ3) is 5.09. The van der Waals surface area contributed by atoms with Crippen LogP contribution in [0.4, 0.5) is 0 Å². The summed E-state index contributed by atoms with van der Waals surface area (Å²) in [6.45, 7) is 0.625. The van der Waals surface area contributed by atoms with Gasteiger partial charge in [-0.25, -0.2) is 12.7 Å². The van der Waals surface area contributed by atoms with Gasteiger partial charge in [0.15, 0.2) is 11.5 Å². The van der Waals surface area contributed by atoms with Crippen molar-refractivity contribution in [3.8, 4) is 11.5 Å². The van der Waals surface area contributed by atoms with Crippen molar-refractivity contribution in [2.75, 3.05) is 47.3 Å². The van der Waals surface area contributed by atoms with E-state index >= 15 is 0 Å². The number of sulfonamides is 1. The predicted molar refractivity (Wildman–Crippen MR) is 97.0 cm³/mol. The van der Waals surface area contributed by atoms with Crippen LogP contribution in [-0.4, -0.2) is 72.0 Å². The van der Waals surface area contributed by atoms with Crippen LogP contribution in [-0.2, 0) is 26.0 Å². The van der Waals surface area contributed by atoms with Crippen molar-refractivity contribution < 1.29 is 27.4 Å². The fraction of sp³-hybridized carbons (Fsp3) is 0.588. The molecule has 2 rings (SSSR count). The number of methoxy groups -OCH3 is 2. The maximum absolute atomic E-state index is 12.4. The topological polar surface area (TPSA) is 94.2 Å². The molecule has 1 N–H and O–H groups in total. The van der Waals surface area contributed by atoms with Gasteiger partial charge in [-0.2, -0.15) is 0 Å². The van der Waals surface area contributed by atoms with E-state index in [4.69, 9.17) is 14.2 Å². The SMILES string of the molecule is COc1ccc(CC(=O)N[C@@H]2COC[C@H]2CS(=O)(=O)N(C)C)cc1OC. The second-order valence-corrected chi connectivity index (χ2v) is 8.63. The summed E-state index contributed by atoms with van der Waals surface area (Å²) < 4.78 is 41.1. The van der Waals surface area contributed by atoms with Crippen LogP contribution >= 0.6 is 0 Å². The molecule has 1 aliphatic rings. The number of carbonyl (C=O) groups is 1. The molecule has 1 aromatic carbocycles. The van der Waals surface area contributed by atoms with Gasteiger partial charge in [0.25, 0.3) is 0 Å². The van der Waals surface area contributed by atoms with Gasteiger partial charge in [-0.1, -0.05) is 6.07 Å². The zero-order valence-electron chi connectivity index (χ0n) is 15.5. The maximum Gasteiger partial charge on any atom is 0.224 e. The lowest BCUT2D eigenvalue weighted by Gasteiger charge is -2.21. The summed E-state index contributed by atoms with van der Waals surface area (Å²) in [5.74, 6) is 0.630. The molecule has 1 heterocycles. The molecule has 2 atom stereocenters. The van der Waals surface area contributed by atoms with Gasteiger partial charge in [-0.15, -0.1) is 0 Å². The first-order valence-electron chi connectivity index (χ1n) is 8.25. The molecule has 146 valence electrons. The normalized spacial score (nSPS) is 20.2. The molecular formula is C17H26N2O6S. The molecule has 1 aromatic rings. The second kappa shape index (κ2) is 8.70. The van der Waals surface area contributed by atoms with Crippen LogP contribution in [0.15, 0.2) is 18.2 Å². The van der Waals surface area contributed by atoms with Crippen molar-refractivity contribution in [3.63, 3.8) is 0 Å². The van der Waals surface area contributed by atoms with E-state index in [2.05, 4.69) is 5.32 Å². The van der Waals surface area contributed by atoms with Crippen LogP contribution < -0.4 is 14.8 Å². The molecule has 0 bridgehead atoms. The Hall–Kier alpha value is -1.84. The number of hydrogen-bond acceptors (Lipinski definition) is 6. The lowest BCUT2D eigenvalue weighted by Crippen LogP contribution is -2.44. The molecule has 26 heavy (non-hydrogen) atoms. The molecular weight excluding hydrogens is 360 g/mol. The van der Waals surface area contributed by atoms with E-state index in [0.29, 0.717) is 24.7 Å². The molecule has 9 heteroatoms. The molecule has 0 saturated carbocycles. The molecule has 1 aliphatic heterocycles. The van der Waals surface area contributed by atoms with Gasteiger partial charge in [0.05, 0.1) is 45.6 Å². The number of rotatable bonds is 8. The number of benzene rings is 1. The molecule has 8 nitrogen and oxygen atoms in total. The maximum atomic E-state index is 12.4. The highest BCUT2D eigenvalue weighted by molar-refractivity contribution is 7.89. The first-order valence-corrected chi connectivity index (χ1v) is 9.86. The summed E-state index contributed by atoms with van der Waals surface area (Å²) in [7, 11) is 2.72. The fourth-order valence-corrected chi connectivity index (χ4v) is 3.94. The number of nitrogens with one attached hydrogen (secondary N) is 1. The molecule has 0 unspecified atom stereocenters. The second-order valence-electron chi connectivity index (χ2n) is 6.40. The van der Waals surface area contributed by atoms with Crippen LogP contribution in [0.5, 0.6) is 11.5 Å². The Morgan fingerprint density at radius 3 is 2.54 bits per heavy atom. The number of amides is 1. The molecule has 0 radical (unpaired) electrons. The Labute approximate surface area is 154 Å². The summed E-state index contributed by atoms with van der Waals surface area (Å²) in [5.41, 5.74) is 0.775. The molecule has 0 spiro atoms. The summed E-state index contributed by atoms with van der Waals surface area (Å²) >= 11 is 0. The number of hydrogen-bond donors (Lipinski definition) is 1. The molecule has 1 saturated heterocycles. The number of ether oxygens (including phenoxy) is 3. The van der Waals surface area contributed by atoms with Crippen molar-refractivity contribution in [2.45, 2.75) is 12.5 Å². The monoisotopic (exact) mass is 386 g/mol. The third-order valence-corrected chi connectivity index (χ3v) is 6.30. The van der Waals surface area contributed by atoms with E-state index in [1.54, 1.807) is 25.3 Å². The van der Waals surface area contributed by atoms with Crippen molar-refractivity contribution in [2.24, 2.45) is 5.92 Å². The van der Waals surface area contributed by atoms with Gasteiger partial charge >= 0.3 is 0 Å². The minimum absolute atomic E-state index is 0.0543. The Balaban J connectivity index is 1.98. The Kier molecular flexibility index (Phi) is 6.85. The minimum atomic E-state index is -3.35. The highest BCUT2D eigenvalue weighted by atomic mass is 32.2. The van der Waals surface area contributed by atoms with Gasteiger partial charge in [0, 0.05) is 20.0 Å². The van der Waals surface area contributed by atoms with Crippen LogP contribution in [0.2, 0.25) is 0 Å². The van der Waals surface area contributed by atoms with E-state index < -0.39 is 10.0 Å². The van der Waals surface area contributed by atoms with Gasteiger partial charge in [-0.05, 0) is 17.7 Å². The summed E-state index contributed by atoms with van der Waals surface area (Å²) in [4.78, 5) is 12.4. The average molecular weight is 386 g/mol. The van der Waals surface area contributed by atoms with E-state index in [1.165, 1.54) is 25.5 Å². The molecule has 1 fully saturated rings. The smallest absolute Gasteiger partial charge is 0.224 e. The summed E-state index contributed by atoms with van der Waals surface area (Å²) in [6.07, 6.45) is 0.157. The van der Waals surface area contributed by atoms with Crippen LogP contribution in [0.3, 0.4) is 0 Å². The van der Waals surface area contributed by atoms with E-state index in [9.17, 15) is 13.2 Å². The zero-order valence-corrected chi connectivity index (χ0v) is 16.3. The number of carbonyl (C=O) groups excluding carboxylic acids is 1. The Bertz CT molecular complexity index is 735. The van der Waals surface area contributed by atoms with Crippen molar-refractivity contribution in [1.29, 1.82) is 0 Å². The van der Waals surface area contributed by atoms with Gasteiger partial charge in [0.2, 0.25) is 15.9 Å². The third-order valence-electron chi connectivity index (χ3n) is 4.34. The van der Waals surface area contributed by atoms with E-state index in [1.807, 2.05) is 0 Å². The van der Waals surface area contributed by atoms with E-state index in [-0.39, 0.29) is 30.0 Å². The summed E-state index contributed by atoms with van der Waals surface area (Å²) in [5, 5.41) is 2.89. The molecule has 0 aromatic heterocycles. The lowest BCUT2D eigenvalue weighted by molar-refractivity contribution is -0.121. The van der Waals surface area contributed by atoms with Crippen LogP contribution in [0.1, 0.15) is 5.56 Å². The first-order chi connectivity index (χ1) is 12.3. The summed E-state index contributed by atoms with van der Waals surface area (Å²) in [6, 6.07) is 4.96. The van der Waals surface area contributed by atoms with Crippen LogP contribution in [0, 0.1) is 5.92 Å². The van der Waals surface area contributed by atoms with Gasteiger partial charge in [-0.3, -0.25) is 4.79 Å². The highest BCUT2D eigenvalue weighted by Gasteiger charge is 2.34. The highest BCUT2D eigenvalue weighted by Crippen LogP contribution is 2.27. The van der Waals surface area contributed by atoms with Crippen molar-refractivity contribution in [1.82, 2.24) is 9.62 Å². The van der Waals surface area contributed by atoms with Crippen molar-refractivity contribution in [3.05, 3.63) is 23.8 Å². The fourth-order valence-electron chi connectivity index (χ4n) is 2.78. The Morgan fingerprint density at radius 1 is 1.23 bits per heavy atom. The predicted octanol–water partition coefficient (Wildman–Crippen LogP) is 0.269. The quantitative estimate of drug-likeness (QED) is 0.689. The van der Waals surface area contributed by atoms with E-state index in [0.717, 1.165) is 5.56 Å². The molecule has 1 amide bonds. The van der Waals surface area contributed by atoms with Crippen LogP contribution in [0.25, 0.3) is 0 Å².